The maximum absolute atomic E-state index is 12.4. The fourth-order valence-corrected chi connectivity index (χ4v) is 6.97. The Labute approximate surface area is 344 Å². The number of hydrogen-bond acceptors (Lipinski definition) is 6. The van der Waals surface area contributed by atoms with Crippen molar-refractivity contribution >= 4 is 19.8 Å². The fraction of sp³-hybridized carbons (Fsp3) is 0.830. The lowest BCUT2D eigenvalue weighted by Crippen LogP contribution is -2.29. The number of carbonyl (C=O) groups is 2. The average molecular weight is 811 g/mol. The largest absolute Gasteiger partial charge is 0.469 e. The molecule has 0 aromatic heterocycles. The summed E-state index contributed by atoms with van der Waals surface area (Å²) in [4.78, 5) is 42.9. The summed E-state index contributed by atoms with van der Waals surface area (Å²) in [6.45, 7) is 3.65. The summed E-state index contributed by atoms with van der Waals surface area (Å²) < 4.78 is 26.4. The normalized spacial score (nSPS) is 12.7. The molecule has 0 aliphatic carbocycles. The van der Waals surface area contributed by atoms with E-state index in [-0.39, 0.29) is 19.4 Å². The molecule has 0 fully saturated rings. The first-order chi connectivity index (χ1) is 27.3. The lowest BCUT2D eigenvalue weighted by Gasteiger charge is -2.18. The van der Waals surface area contributed by atoms with Gasteiger partial charge in [-0.25, -0.2) is 4.57 Å². The van der Waals surface area contributed by atoms with Crippen LogP contribution < -0.4 is 0 Å². The molecule has 0 aliphatic heterocycles. The number of rotatable bonds is 43. The van der Waals surface area contributed by atoms with Gasteiger partial charge in [0.25, 0.3) is 0 Å². The third kappa shape index (κ3) is 45.0. The Kier molecular flexibility index (Phi) is 41.5. The molecule has 2 N–H and O–H groups in total. The van der Waals surface area contributed by atoms with E-state index in [1.54, 1.807) is 0 Å². The van der Waals surface area contributed by atoms with E-state index in [0.717, 1.165) is 51.4 Å². The van der Waals surface area contributed by atoms with Crippen molar-refractivity contribution in [1.82, 2.24) is 0 Å². The molecule has 0 spiro atoms. The first-order valence-electron chi connectivity index (χ1n) is 23.3. The number of esters is 2. The topological polar surface area (TPSA) is 119 Å². The number of phosphoric acid groups is 1. The molecular formula is C47H87O8P. The Balaban J connectivity index is 3.89. The lowest BCUT2D eigenvalue weighted by atomic mass is 10.0. The molecule has 8 nitrogen and oxygen atoms in total. The molecule has 9 heteroatoms. The van der Waals surface area contributed by atoms with Crippen LogP contribution in [-0.2, 0) is 28.2 Å². The predicted octanol–water partition coefficient (Wildman–Crippen LogP) is 14.5. The highest BCUT2D eigenvalue weighted by atomic mass is 31.2. The number of phosphoric ester groups is 1. The number of ether oxygens (including phenoxy) is 2. The van der Waals surface area contributed by atoms with Crippen molar-refractivity contribution in [2.45, 2.75) is 238 Å². The maximum atomic E-state index is 12.4. The van der Waals surface area contributed by atoms with E-state index in [1.807, 2.05) is 0 Å². The van der Waals surface area contributed by atoms with E-state index in [9.17, 15) is 14.2 Å². The molecule has 0 aromatic carbocycles. The van der Waals surface area contributed by atoms with E-state index in [4.69, 9.17) is 19.3 Å². The van der Waals surface area contributed by atoms with Gasteiger partial charge in [0.15, 0.2) is 6.10 Å². The van der Waals surface area contributed by atoms with E-state index in [2.05, 4.69) is 54.8 Å². The maximum Gasteiger partial charge on any atom is 0.469 e. The molecule has 56 heavy (non-hydrogen) atoms. The van der Waals surface area contributed by atoms with Crippen molar-refractivity contribution in [3.63, 3.8) is 0 Å². The van der Waals surface area contributed by atoms with E-state index >= 15 is 0 Å². The Morgan fingerprint density at radius 2 is 0.804 bits per heavy atom. The molecular weight excluding hydrogens is 723 g/mol. The summed E-state index contributed by atoms with van der Waals surface area (Å²) in [6, 6.07) is 0. The van der Waals surface area contributed by atoms with Gasteiger partial charge in [-0.05, 0) is 64.2 Å². The van der Waals surface area contributed by atoms with E-state index in [0.29, 0.717) is 6.42 Å². The number of allylic oxidation sites excluding steroid dienone is 6. The smallest absolute Gasteiger partial charge is 0.462 e. The molecule has 0 aliphatic rings. The van der Waals surface area contributed by atoms with Gasteiger partial charge >= 0.3 is 19.8 Å². The Hall–Kier alpha value is -1.73. The van der Waals surface area contributed by atoms with Gasteiger partial charge in [0.2, 0.25) is 0 Å². The standard InChI is InChI=1S/C47H87O8P/c1-3-5-7-9-11-13-15-17-19-20-21-22-23-24-25-26-28-30-32-34-36-38-40-42-47(49)55-45(44-54-56(50,51)52)43-53-46(48)41-39-37-35-33-31-29-27-18-16-14-12-10-8-6-4-2/h10,12,26,28,34,36,45H,3-9,11,13-25,27,29-33,35,37-44H2,1-2H3,(H2,50,51,52)/b12-10+,28-26+,36-34+/t45-/m1/s1. The first-order valence-corrected chi connectivity index (χ1v) is 24.8. The number of carbonyl (C=O) groups excluding carboxylic acids is 2. The average Bonchev–Trinajstić information content (AvgIpc) is 3.17. The Morgan fingerprint density at radius 1 is 0.446 bits per heavy atom. The summed E-state index contributed by atoms with van der Waals surface area (Å²) in [5.74, 6) is -0.930. The quantitative estimate of drug-likeness (QED) is 0.0270. The third-order valence-electron chi connectivity index (χ3n) is 10.1. The van der Waals surface area contributed by atoms with E-state index in [1.165, 1.54) is 148 Å². The minimum atomic E-state index is -4.77. The van der Waals surface area contributed by atoms with Gasteiger partial charge in [0.05, 0.1) is 6.61 Å². The second kappa shape index (κ2) is 42.9. The molecule has 0 bridgehead atoms. The number of hydrogen-bond donors (Lipinski definition) is 2. The molecule has 1 atom stereocenters. The zero-order valence-corrected chi connectivity index (χ0v) is 37.2. The minimum absolute atomic E-state index is 0.153. The molecule has 328 valence electrons. The molecule has 0 saturated carbocycles. The van der Waals surface area contributed by atoms with Crippen molar-refractivity contribution in [2.75, 3.05) is 13.2 Å². The van der Waals surface area contributed by atoms with Gasteiger partial charge < -0.3 is 19.3 Å². The van der Waals surface area contributed by atoms with Crippen LogP contribution >= 0.6 is 7.82 Å². The minimum Gasteiger partial charge on any atom is -0.462 e. The van der Waals surface area contributed by atoms with Crippen LogP contribution in [0.2, 0.25) is 0 Å². The summed E-state index contributed by atoms with van der Waals surface area (Å²) in [5, 5.41) is 0. The highest BCUT2D eigenvalue weighted by Crippen LogP contribution is 2.36. The van der Waals surface area contributed by atoms with Crippen molar-refractivity contribution in [1.29, 1.82) is 0 Å². The van der Waals surface area contributed by atoms with Crippen molar-refractivity contribution in [3.8, 4) is 0 Å². The molecule has 0 radical (unpaired) electrons. The van der Waals surface area contributed by atoms with Crippen LogP contribution in [0.1, 0.15) is 232 Å². The molecule has 0 heterocycles. The predicted molar refractivity (Wildman–Crippen MR) is 235 cm³/mol. The van der Waals surface area contributed by atoms with Gasteiger partial charge in [-0.1, -0.05) is 192 Å². The monoisotopic (exact) mass is 811 g/mol. The van der Waals surface area contributed by atoms with Crippen LogP contribution in [0.3, 0.4) is 0 Å². The molecule has 0 aromatic rings. The van der Waals surface area contributed by atoms with Crippen LogP contribution in [0.4, 0.5) is 0 Å². The van der Waals surface area contributed by atoms with Crippen LogP contribution in [0, 0.1) is 0 Å². The van der Waals surface area contributed by atoms with Crippen LogP contribution in [0.15, 0.2) is 36.5 Å². The van der Waals surface area contributed by atoms with Crippen LogP contribution in [-0.4, -0.2) is 41.0 Å². The molecule has 0 unspecified atom stereocenters. The van der Waals surface area contributed by atoms with Gasteiger partial charge in [-0.2, -0.15) is 0 Å². The van der Waals surface area contributed by atoms with Gasteiger partial charge in [0.1, 0.15) is 6.61 Å². The lowest BCUT2D eigenvalue weighted by molar-refractivity contribution is -0.161. The fourth-order valence-electron chi connectivity index (χ4n) is 6.61. The van der Waals surface area contributed by atoms with Gasteiger partial charge in [-0.3, -0.25) is 14.1 Å². The van der Waals surface area contributed by atoms with Gasteiger partial charge in [0, 0.05) is 12.8 Å². The summed E-state index contributed by atoms with van der Waals surface area (Å²) in [5.41, 5.74) is 0. The SMILES string of the molecule is CCCC/C=C/CCCCCCCCCCCC(=O)OC[C@H](COP(=O)(O)O)OC(=O)CCC/C=C/CC/C=C/CCCCCCCCCCCCCCCC. The van der Waals surface area contributed by atoms with Crippen molar-refractivity contribution < 1.29 is 37.9 Å². The van der Waals surface area contributed by atoms with Gasteiger partial charge in [-0.15, -0.1) is 0 Å². The van der Waals surface area contributed by atoms with Crippen LogP contribution in [0.5, 0.6) is 0 Å². The Bertz CT molecular complexity index is 1000. The zero-order chi connectivity index (χ0) is 41.1. The first kappa shape index (κ1) is 54.3. The van der Waals surface area contributed by atoms with E-state index < -0.39 is 32.5 Å². The van der Waals surface area contributed by atoms with Crippen LogP contribution in [0.25, 0.3) is 0 Å². The van der Waals surface area contributed by atoms with Crippen molar-refractivity contribution in [3.05, 3.63) is 36.5 Å². The second-order valence-corrected chi connectivity index (χ2v) is 17.0. The molecule has 0 amide bonds. The third-order valence-corrected chi connectivity index (χ3v) is 10.6. The zero-order valence-electron chi connectivity index (χ0n) is 36.3. The molecule has 0 saturated heterocycles. The molecule has 0 rings (SSSR count). The number of unbranched alkanes of at least 4 members (excludes halogenated alkanes) is 27. The van der Waals surface area contributed by atoms with Crippen molar-refractivity contribution in [2.24, 2.45) is 0 Å². The summed E-state index contributed by atoms with van der Waals surface area (Å²) >= 11 is 0. The second-order valence-electron chi connectivity index (χ2n) is 15.7. The summed E-state index contributed by atoms with van der Waals surface area (Å²) in [6.07, 6.45) is 51.7. The summed E-state index contributed by atoms with van der Waals surface area (Å²) in [7, 11) is -4.77. The Morgan fingerprint density at radius 3 is 1.25 bits per heavy atom. The highest BCUT2D eigenvalue weighted by Gasteiger charge is 2.22. The highest BCUT2D eigenvalue weighted by molar-refractivity contribution is 7.46.